The standard InChI is InChI=1S/C13H18ClNO/c1-10(16)12-5-6-15(9-12)8-11-3-2-4-13(14)7-11/h2-4,7,10,12,16H,5-6,8-9H2,1H3. The highest BCUT2D eigenvalue weighted by molar-refractivity contribution is 6.30. The average molecular weight is 240 g/mol. The normalized spacial score (nSPS) is 23.6. The van der Waals surface area contributed by atoms with Gasteiger partial charge in [-0.15, -0.1) is 0 Å². The highest BCUT2D eigenvalue weighted by atomic mass is 35.5. The van der Waals surface area contributed by atoms with Gasteiger partial charge in [0.2, 0.25) is 0 Å². The van der Waals surface area contributed by atoms with E-state index in [9.17, 15) is 5.11 Å². The Bertz CT molecular complexity index is 354. The zero-order chi connectivity index (χ0) is 11.5. The largest absolute Gasteiger partial charge is 0.393 e. The van der Waals surface area contributed by atoms with Gasteiger partial charge in [-0.3, -0.25) is 4.90 Å². The van der Waals surface area contributed by atoms with E-state index < -0.39 is 0 Å². The van der Waals surface area contributed by atoms with Crippen LogP contribution in [0.25, 0.3) is 0 Å². The van der Waals surface area contributed by atoms with Crippen molar-refractivity contribution in [2.45, 2.75) is 26.0 Å². The molecule has 0 bridgehead atoms. The Morgan fingerprint density at radius 1 is 1.56 bits per heavy atom. The van der Waals surface area contributed by atoms with Crippen LogP contribution in [-0.2, 0) is 6.54 Å². The molecule has 2 rings (SSSR count). The molecule has 1 fully saturated rings. The summed E-state index contributed by atoms with van der Waals surface area (Å²) in [5, 5.41) is 10.3. The quantitative estimate of drug-likeness (QED) is 0.877. The summed E-state index contributed by atoms with van der Waals surface area (Å²) in [5.41, 5.74) is 1.25. The number of hydrogen-bond donors (Lipinski definition) is 1. The van der Waals surface area contributed by atoms with Crippen LogP contribution in [0.15, 0.2) is 24.3 Å². The molecule has 16 heavy (non-hydrogen) atoms. The monoisotopic (exact) mass is 239 g/mol. The molecule has 1 aromatic rings. The fraction of sp³-hybridized carbons (Fsp3) is 0.538. The van der Waals surface area contributed by atoms with Crippen molar-refractivity contribution in [3.63, 3.8) is 0 Å². The van der Waals surface area contributed by atoms with Crippen LogP contribution in [0.3, 0.4) is 0 Å². The van der Waals surface area contributed by atoms with Gasteiger partial charge in [-0.25, -0.2) is 0 Å². The van der Waals surface area contributed by atoms with Crippen LogP contribution >= 0.6 is 11.6 Å². The molecule has 1 N–H and O–H groups in total. The minimum Gasteiger partial charge on any atom is -0.393 e. The summed E-state index contributed by atoms with van der Waals surface area (Å²) < 4.78 is 0. The molecule has 2 nitrogen and oxygen atoms in total. The average Bonchev–Trinajstić information content (AvgIpc) is 2.66. The topological polar surface area (TPSA) is 23.5 Å². The molecule has 0 saturated carbocycles. The fourth-order valence-electron chi connectivity index (χ4n) is 2.29. The van der Waals surface area contributed by atoms with Crippen LogP contribution < -0.4 is 0 Å². The number of nitrogens with zero attached hydrogens (tertiary/aromatic N) is 1. The van der Waals surface area contributed by atoms with Gasteiger partial charge >= 0.3 is 0 Å². The van der Waals surface area contributed by atoms with Gasteiger partial charge < -0.3 is 5.11 Å². The molecule has 0 radical (unpaired) electrons. The van der Waals surface area contributed by atoms with Crippen molar-refractivity contribution >= 4 is 11.6 Å². The molecule has 0 spiro atoms. The Morgan fingerprint density at radius 3 is 3.00 bits per heavy atom. The molecule has 2 atom stereocenters. The molecule has 1 aromatic carbocycles. The molecule has 88 valence electrons. The van der Waals surface area contributed by atoms with Crippen molar-refractivity contribution in [3.05, 3.63) is 34.9 Å². The van der Waals surface area contributed by atoms with Crippen molar-refractivity contribution < 1.29 is 5.11 Å². The van der Waals surface area contributed by atoms with Gasteiger partial charge in [0.1, 0.15) is 0 Å². The Hall–Kier alpha value is -0.570. The number of hydrogen-bond acceptors (Lipinski definition) is 2. The molecule has 0 aliphatic carbocycles. The van der Waals surface area contributed by atoms with Crippen LogP contribution in [0.5, 0.6) is 0 Å². The van der Waals surface area contributed by atoms with E-state index in [1.54, 1.807) is 0 Å². The summed E-state index contributed by atoms with van der Waals surface area (Å²) in [5.74, 6) is 0.430. The van der Waals surface area contributed by atoms with Crippen molar-refractivity contribution in [2.75, 3.05) is 13.1 Å². The van der Waals surface area contributed by atoms with Crippen molar-refractivity contribution in [3.8, 4) is 0 Å². The summed E-state index contributed by atoms with van der Waals surface area (Å²) in [6.07, 6.45) is 0.905. The van der Waals surface area contributed by atoms with Crippen molar-refractivity contribution in [1.82, 2.24) is 4.90 Å². The SMILES string of the molecule is CC(O)C1CCN(Cc2cccc(Cl)c2)C1. The van der Waals surface area contributed by atoms with E-state index in [1.165, 1.54) is 5.56 Å². The predicted molar refractivity (Wildman–Crippen MR) is 66.5 cm³/mol. The second kappa shape index (κ2) is 5.17. The number of aliphatic hydroxyl groups excluding tert-OH is 1. The fourth-order valence-corrected chi connectivity index (χ4v) is 2.51. The molecule has 3 heteroatoms. The summed E-state index contributed by atoms with van der Waals surface area (Å²) in [6.45, 7) is 4.88. The van der Waals surface area contributed by atoms with E-state index >= 15 is 0 Å². The van der Waals surface area contributed by atoms with Gasteiger partial charge in [0, 0.05) is 18.1 Å². The van der Waals surface area contributed by atoms with Gasteiger partial charge in [0.15, 0.2) is 0 Å². The van der Waals surface area contributed by atoms with Crippen LogP contribution in [0.1, 0.15) is 18.9 Å². The number of likely N-dealkylation sites (tertiary alicyclic amines) is 1. The molecular formula is C13H18ClNO. The van der Waals surface area contributed by atoms with Gasteiger partial charge in [-0.1, -0.05) is 23.7 Å². The first-order valence-electron chi connectivity index (χ1n) is 5.80. The molecule has 1 aliphatic rings. The summed E-state index contributed by atoms with van der Waals surface area (Å²) in [4.78, 5) is 2.38. The van der Waals surface area contributed by atoms with Crippen LogP contribution in [0.2, 0.25) is 5.02 Å². The third-order valence-corrected chi connectivity index (χ3v) is 3.52. The zero-order valence-corrected chi connectivity index (χ0v) is 10.3. The maximum absolute atomic E-state index is 9.53. The Morgan fingerprint density at radius 2 is 2.38 bits per heavy atom. The lowest BCUT2D eigenvalue weighted by Gasteiger charge is -2.17. The van der Waals surface area contributed by atoms with Crippen molar-refractivity contribution in [1.29, 1.82) is 0 Å². The van der Waals surface area contributed by atoms with E-state index in [4.69, 9.17) is 11.6 Å². The first kappa shape index (κ1) is 11.9. The summed E-state index contributed by atoms with van der Waals surface area (Å²) in [7, 11) is 0. The molecule has 1 aliphatic heterocycles. The maximum atomic E-state index is 9.53. The number of benzene rings is 1. The highest BCUT2D eigenvalue weighted by Gasteiger charge is 2.25. The van der Waals surface area contributed by atoms with E-state index in [0.29, 0.717) is 5.92 Å². The molecular weight excluding hydrogens is 222 g/mol. The third kappa shape index (κ3) is 2.97. The van der Waals surface area contributed by atoms with Crippen molar-refractivity contribution in [2.24, 2.45) is 5.92 Å². The van der Waals surface area contributed by atoms with E-state index in [0.717, 1.165) is 31.1 Å². The second-order valence-electron chi connectivity index (χ2n) is 4.65. The first-order chi connectivity index (χ1) is 7.65. The lowest BCUT2D eigenvalue weighted by Crippen LogP contribution is -2.23. The minimum absolute atomic E-state index is 0.190. The zero-order valence-electron chi connectivity index (χ0n) is 9.56. The number of halogens is 1. The van der Waals surface area contributed by atoms with Gasteiger partial charge in [0.25, 0.3) is 0 Å². The van der Waals surface area contributed by atoms with E-state index in [2.05, 4.69) is 11.0 Å². The maximum Gasteiger partial charge on any atom is 0.0552 e. The predicted octanol–water partition coefficient (Wildman–Crippen LogP) is 2.54. The van der Waals surface area contributed by atoms with Gasteiger partial charge in [-0.05, 0) is 43.5 Å². The van der Waals surface area contributed by atoms with Gasteiger partial charge in [0.05, 0.1) is 6.10 Å². The van der Waals surface area contributed by atoms with E-state index in [1.807, 2.05) is 25.1 Å². The van der Waals surface area contributed by atoms with Crippen LogP contribution in [0.4, 0.5) is 0 Å². The third-order valence-electron chi connectivity index (χ3n) is 3.29. The molecule has 0 aromatic heterocycles. The second-order valence-corrected chi connectivity index (χ2v) is 5.09. The Kier molecular flexibility index (Phi) is 3.85. The minimum atomic E-state index is -0.190. The molecule has 0 amide bonds. The first-order valence-corrected chi connectivity index (χ1v) is 6.18. The lowest BCUT2D eigenvalue weighted by molar-refractivity contribution is 0.127. The molecule has 1 heterocycles. The summed E-state index contributed by atoms with van der Waals surface area (Å²) in [6, 6.07) is 7.99. The van der Waals surface area contributed by atoms with Gasteiger partial charge in [-0.2, -0.15) is 0 Å². The van der Waals surface area contributed by atoms with Crippen LogP contribution in [0, 0.1) is 5.92 Å². The lowest BCUT2D eigenvalue weighted by atomic mass is 10.0. The number of rotatable bonds is 3. The summed E-state index contributed by atoms with van der Waals surface area (Å²) >= 11 is 5.95. The van der Waals surface area contributed by atoms with Crippen LogP contribution in [-0.4, -0.2) is 29.2 Å². The Labute approximate surface area is 102 Å². The number of aliphatic hydroxyl groups is 1. The van der Waals surface area contributed by atoms with E-state index in [-0.39, 0.29) is 6.10 Å². The highest BCUT2D eigenvalue weighted by Crippen LogP contribution is 2.22. The smallest absolute Gasteiger partial charge is 0.0552 e. The molecule has 1 saturated heterocycles. The molecule has 2 unspecified atom stereocenters. The Balaban J connectivity index is 1.92.